The minimum absolute atomic E-state index is 0.359. The molecule has 1 aromatic rings. The van der Waals surface area contributed by atoms with E-state index in [2.05, 4.69) is 5.32 Å². The summed E-state index contributed by atoms with van der Waals surface area (Å²) in [4.78, 5) is 0. The molecule has 0 amide bonds. The van der Waals surface area contributed by atoms with Crippen LogP contribution in [0.3, 0.4) is 0 Å². The molecule has 0 atom stereocenters. The van der Waals surface area contributed by atoms with Gasteiger partial charge < -0.3 is 5.32 Å². The van der Waals surface area contributed by atoms with Crippen LogP contribution in [0.5, 0.6) is 0 Å². The van der Waals surface area contributed by atoms with Crippen LogP contribution in [0.15, 0.2) is 0 Å². The van der Waals surface area contributed by atoms with E-state index in [9.17, 15) is 22.0 Å². The standard InChI is InChI=1S/C11H10F5N/c12-7-6(4-17-3-5-1-2-5)8(13)10(15)11(16)9(7)14/h5,17H,1-4H2. The van der Waals surface area contributed by atoms with Crippen LogP contribution in [-0.2, 0) is 6.54 Å². The second-order valence-electron chi connectivity index (χ2n) is 4.12. The monoisotopic (exact) mass is 251 g/mol. The number of hydrogen-bond donors (Lipinski definition) is 1. The zero-order valence-corrected chi connectivity index (χ0v) is 8.80. The van der Waals surface area contributed by atoms with E-state index in [0.717, 1.165) is 12.8 Å². The molecular formula is C11H10F5N. The lowest BCUT2D eigenvalue weighted by Crippen LogP contribution is -2.20. The van der Waals surface area contributed by atoms with Gasteiger partial charge in [0.25, 0.3) is 0 Å². The molecule has 1 N–H and O–H groups in total. The highest BCUT2D eigenvalue weighted by Gasteiger charge is 2.26. The van der Waals surface area contributed by atoms with Gasteiger partial charge in [-0.05, 0) is 25.3 Å². The summed E-state index contributed by atoms with van der Waals surface area (Å²) in [5.74, 6) is -8.98. The van der Waals surface area contributed by atoms with Crippen LogP contribution in [0.25, 0.3) is 0 Å². The summed E-state index contributed by atoms with van der Waals surface area (Å²) in [5.41, 5.74) is -0.804. The highest BCUT2D eigenvalue weighted by atomic mass is 19.2. The lowest BCUT2D eigenvalue weighted by atomic mass is 10.1. The molecule has 0 aliphatic heterocycles. The fraction of sp³-hybridized carbons (Fsp3) is 0.455. The van der Waals surface area contributed by atoms with E-state index in [-0.39, 0.29) is 6.54 Å². The van der Waals surface area contributed by atoms with Crippen LogP contribution in [0.1, 0.15) is 18.4 Å². The number of rotatable bonds is 4. The van der Waals surface area contributed by atoms with Crippen molar-refractivity contribution in [2.45, 2.75) is 19.4 Å². The van der Waals surface area contributed by atoms with Gasteiger partial charge in [-0.15, -0.1) is 0 Å². The molecule has 0 heterocycles. The van der Waals surface area contributed by atoms with Gasteiger partial charge in [0.05, 0.1) is 0 Å². The first-order valence-corrected chi connectivity index (χ1v) is 5.23. The van der Waals surface area contributed by atoms with Gasteiger partial charge in [-0.3, -0.25) is 0 Å². The zero-order chi connectivity index (χ0) is 12.6. The molecule has 0 spiro atoms. The molecule has 2 rings (SSSR count). The van der Waals surface area contributed by atoms with E-state index in [4.69, 9.17) is 0 Å². The summed E-state index contributed by atoms with van der Waals surface area (Å²) in [6.07, 6.45) is 2.06. The molecular weight excluding hydrogens is 241 g/mol. The van der Waals surface area contributed by atoms with Gasteiger partial charge >= 0.3 is 0 Å². The minimum atomic E-state index is -2.12. The van der Waals surface area contributed by atoms with Crippen LogP contribution >= 0.6 is 0 Å². The maximum atomic E-state index is 13.2. The molecule has 17 heavy (non-hydrogen) atoms. The van der Waals surface area contributed by atoms with Gasteiger partial charge in [-0.2, -0.15) is 0 Å². The van der Waals surface area contributed by atoms with Crippen molar-refractivity contribution in [1.29, 1.82) is 0 Å². The van der Waals surface area contributed by atoms with Crippen molar-refractivity contribution in [3.05, 3.63) is 34.6 Å². The minimum Gasteiger partial charge on any atom is -0.312 e. The average molecular weight is 251 g/mol. The molecule has 1 saturated carbocycles. The molecule has 0 aromatic heterocycles. The van der Waals surface area contributed by atoms with Gasteiger partial charge in [-0.25, -0.2) is 22.0 Å². The topological polar surface area (TPSA) is 12.0 Å². The summed E-state index contributed by atoms with van der Waals surface area (Å²) in [5, 5.41) is 2.68. The number of halogens is 5. The van der Waals surface area contributed by atoms with Gasteiger partial charge in [0.1, 0.15) is 0 Å². The summed E-state index contributed by atoms with van der Waals surface area (Å²) in [6.45, 7) is 0.168. The lowest BCUT2D eigenvalue weighted by Gasteiger charge is -2.09. The van der Waals surface area contributed by atoms with Crippen LogP contribution in [0, 0.1) is 35.0 Å². The van der Waals surface area contributed by atoms with E-state index in [1.807, 2.05) is 0 Å². The Balaban J connectivity index is 2.19. The molecule has 1 nitrogen and oxygen atoms in total. The maximum absolute atomic E-state index is 13.2. The quantitative estimate of drug-likeness (QED) is 0.493. The molecule has 1 aliphatic rings. The summed E-state index contributed by atoms with van der Waals surface area (Å²) >= 11 is 0. The van der Waals surface area contributed by atoms with E-state index < -0.39 is 34.6 Å². The van der Waals surface area contributed by atoms with E-state index in [1.54, 1.807) is 0 Å². The summed E-state index contributed by atoms with van der Waals surface area (Å²) in [7, 11) is 0. The molecule has 0 radical (unpaired) electrons. The third kappa shape index (κ3) is 2.41. The number of nitrogens with one attached hydrogen (secondary N) is 1. The number of benzene rings is 1. The molecule has 1 fully saturated rings. The smallest absolute Gasteiger partial charge is 0.200 e. The Labute approximate surface area is 94.6 Å². The van der Waals surface area contributed by atoms with Gasteiger partial charge in [0.15, 0.2) is 23.3 Å². The van der Waals surface area contributed by atoms with Crippen molar-refractivity contribution in [2.75, 3.05) is 6.54 Å². The third-order valence-corrected chi connectivity index (χ3v) is 2.73. The second-order valence-corrected chi connectivity index (χ2v) is 4.12. The normalized spacial score (nSPS) is 15.4. The van der Waals surface area contributed by atoms with Crippen LogP contribution < -0.4 is 5.32 Å². The Bertz CT molecular complexity index is 413. The van der Waals surface area contributed by atoms with Crippen molar-refractivity contribution in [1.82, 2.24) is 5.32 Å². The largest absolute Gasteiger partial charge is 0.312 e. The molecule has 0 bridgehead atoms. The second kappa shape index (κ2) is 4.60. The van der Waals surface area contributed by atoms with Crippen LogP contribution in [0.4, 0.5) is 22.0 Å². The molecule has 94 valence electrons. The zero-order valence-electron chi connectivity index (χ0n) is 8.80. The fourth-order valence-corrected chi connectivity index (χ4v) is 1.53. The average Bonchev–Trinajstić information content (AvgIpc) is 3.12. The highest BCUT2D eigenvalue weighted by molar-refractivity contribution is 5.23. The molecule has 0 saturated heterocycles. The molecule has 1 aromatic carbocycles. The predicted octanol–water partition coefficient (Wildman–Crippen LogP) is 2.88. The van der Waals surface area contributed by atoms with E-state index >= 15 is 0 Å². The Hall–Kier alpha value is -1.17. The number of hydrogen-bond acceptors (Lipinski definition) is 1. The first kappa shape index (κ1) is 12.3. The maximum Gasteiger partial charge on any atom is 0.200 e. The van der Waals surface area contributed by atoms with Crippen molar-refractivity contribution in [3.8, 4) is 0 Å². The summed E-state index contributed by atoms with van der Waals surface area (Å²) in [6, 6.07) is 0. The fourth-order valence-electron chi connectivity index (χ4n) is 1.53. The predicted molar refractivity (Wildman–Crippen MR) is 50.7 cm³/mol. The van der Waals surface area contributed by atoms with Gasteiger partial charge in [-0.1, -0.05) is 0 Å². The van der Waals surface area contributed by atoms with Crippen molar-refractivity contribution in [3.63, 3.8) is 0 Å². The highest BCUT2D eigenvalue weighted by Crippen LogP contribution is 2.28. The van der Waals surface area contributed by atoms with Gasteiger partial charge in [0, 0.05) is 12.1 Å². The summed E-state index contributed by atoms with van der Waals surface area (Å²) < 4.78 is 64.7. The molecule has 1 aliphatic carbocycles. The Morgan fingerprint density at radius 1 is 0.824 bits per heavy atom. The van der Waals surface area contributed by atoms with Crippen molar-refractivity contribution >= 4 is 0 Å². The first-order valence-electron chi connectivity index (χ1n) is 5.23. The SMILES string of the molecule is Fc1c(F)c(F)c(CNCC2CC2)c(F)c1F. The third-order valence-electron chi connectivity index (χ3n) is 2.73. The Morgan fingerprint density at radius 2 is 1.29 bits per heavy atom. The first-order chi connectivity index (χ1) is 8.02. The van der Waals surface area contributed by atoms with E-state index in [1.165, 1.54) is 0 Å². The van der Waals surface area contributed by atoms with E-state index in [0.29, 0.717) is 12.5 Å². The van der Waals surface area contributed by atoms with Crippen LogP contribution in [-0.4, -0.2) is 6.54 Å². The van der Waals surface area contributed by atoms with Gasteiger partial charge in [0.2, 0.25) is 5.82 Å². The lowest BCUT2D eigenvalue weighted by molar-refractivity contribution is 0.367. The Morgan fingerprint density at radius 3 is 1.76 bits per heavy atom. The van der Waals surface area contributed by atoms with Crippen LogP contribution in [0.2, 0.25) is 0 Å². The Kier molecular flexibility index (Phi) is 3.33. The van der Waals surface area contributed by atoms with Crippen molar-refractivity contribution < 1.29 is 22.0 Å². The van der Waals surface area contributed by atoms with Crippen molar-refractivity contribution in [2.24, 2.45) is 5.92 Å². The molecule has 0 unspecified atom stereocenters. The molecule has 6 heteroatoms.